The zero-order valence-corrected chi connectivity index (χ0v) is 19.4. The van der Waals surface area contributed by atoms with Crippen molar-refractivity contribution in [3.05, 3.63) is 77.6 Å². The standard InChI is InChI=1S/C24H19FN2O7S/c1-33-23(29)14-9-15(24(30)34-2)11-17(10-14)26-22(28)13-27-20-8-7-16(25)12-19(20)18-5-3-4-6-21(18)35(27,31)32/h3-12H,13H2,1-2H3,(H,26,28). The number of ether oxygens (including phenoxy) is 2. The quantitative estimate of drug-likeness (QED) is 0.537. The number of hydrogen-bond donors (Lipinski definition) is 1. The van der Waals surface area contributed by atoms with Gasteiger partial charge in [-0.3, -0.25) is 9.10 Å². The molecule has 9 nitrogen and oxygen atoms in total. The van der Waals surface area contributed by atoms with Gasteiger partial charge in [-0.05, 0) is 42.5 Å². The molecule has 1 heterocycles. The molecule has 0 spiro atoms. The number of halogens is 1. The Labute approximate surface area is 200 Å². The van der Waals surface area contributed by atoms with Gasteiger partial charge in [0.15, 0.2) is 0 Å². The lowest BCUT2D eigenvalue weighted by Gasteiger charge is -2.31. The monoisotopic (exact) mass is 498 g/mol. The van der Waals surface area contributed by atoms with Crippen molar-refractivity contribution in [1.82, 2.24) is 0 Å². The third-order valence-corrected chi connectivity index (χ3v) is 7.14. The highest BCUT2D eigenvalue weighted by molar-refractivity contribution is 7.93. The fourth-order valence-electron chi connectivity index (χ4n) is 3.78. The number of esters is 2. The average molecular weight is 498 g/mol. The van der Waals surface area contributed by atoms with Crippen LogP contribution in [0.3, 0.4) is 0 Å². The smallest absolute Gasteiger partial charge is 0.337 e. The third-order valence-electron chi connectivity index (χ3n) is 5.32. The second-order valence-corrected chi connectivity index (χ2v) is 9.33. The van der Waals surface area contributed by atoms with E-state index in [4.69, 9.17) is 0 Å². The number of anilines is 2. The molecular formula is C24H19FN2O7S. The SMILES string of the molecule is COC(=O)c1cc(NC(=O)CN2c3ccc(F)cc3-c3ccccc3S2(=O)=O)cc(C(=O)OC)c1. The Bertz CT molecular complexity index is 1440. The van der Waals surface area contributed by atoms with E-state index in [0.29, 0.717) is 11.1 Å². The second-order valence-electron chi connectivity index (χ2n) is 7.50. The second kappa shape index (κ2) is 9.18. The maximum Gasteiger partial charge on any atom is 0.337 e. The van der Waals surface area contributed by atoms with Crippen LogP contribution in [-0.2, 0) is 24.3 Å². The predicted octanol–water partition coefficient (Wildman–Crippen LogP) is 3.21. The minimum Gasteiger partial charge on any atom is -0.465 e. The molecule has 0 bridgehead atoms. The number of benzene rings is 3. The van der Waals surface area contributed by atoms with Crippen LogP contribution in [0.5, 0.6) is 0 Å². The van der Waals surface area contributed by atoms with E-state index in [1.807, 2.05) is 0 Å². The number of carbonyl (C=O) groups is 3. The van der Waals surface area contributed by atoms with Crippen molar-refractivity contribution in [2.75, 3.05) is 30.4 Å². The summed E-state index contributed by atoms with van der Waals surface area (Å²) in [5.74, 6) is -2.83. The molecule has 1 aliphatic heterocycles. The minimum atomic E-state index is -4.15. The molecule has 0 radical (unpaired) electrons. The predicted molar refractivity (Wildman–Crippen MR) is 124 cm³/mol. The number of amides is 1. The summed E-state index contributed by atoms with van der Waals surface area (Å²) in [6.07, 6.45) is 0. The Morgan fingerprint density at radius 2 is 1.51 bits per heavy atom. The van der Waals surface area contributed by atoms with Gasteiger partial charge in [0.25, 0.3) is 10.0 Å². The van der Waals surface area contributed by atoms with Gasteiger partial charge in [0.1, 0.15) is 12.4 Å². The van der Waals surface area contributed by atoms with Crippen LogP contribution in [0.1, 0.15) is 20.7 Å². The molecule has 0 saturated carbocycles. The summed E-state index contributed by atoms with van der Waals surface area (Å²) < 4.78 is 50.9. The van der Waals surface area contributed by atoms with E-state index < -0.39 is 40.2 Å². The average Bonchev–Trinajstić information content (AvgIpc) is 2.85. The van der Waals surface area contributed by atoms with Gasteiger partial charge in [0.2, 0.25) is 5.91 Å². The topological polar surface area (TPSA) is 119 Å². The Morgan fingerprint density at radius 1 is 0.886 bits per heavy atom. The van der Waals surface area contributed by atoms with Gasteiger partial charge in [0.05, 0.1) is 35.9 Å². The van der Waals surface area contributed by atoms with E-state index in [-0.39, 0.29) is 27.4 Å². The van der Waals surface area contributed by atoms with E-state index in [1.165, 1.54) is 42.5 Å². The molecule has 3 aromatic rings. The van der Waals surface area contributed by atoms with E-state index in [9.17, 15) is 27.2 Å². The van der Waals surface area contributed by atoms with Gasteiger partial charge < -0.3 is 14.8 Å². The zero-order valence-electron chi connectivity index (χ0n) is 18.6. The molecule has 180 valence electrons. The lowest BCUT2D eigenvalue weighted by Crippen LogP contribution is -2.40. The van der Waals surface area contributed by atoms with Gasteiger partial charge in [-0.1, -0.05) is 18.2 Å². The van der Waals surface area contributed by atoms with E-state index in [0.717, 1.165) is 24.6 Å². The number of nitrogens with one attached hydrogen (secondary N) is 1. The molecule has 0 atom stereocenters. The van der Waals surface area contributed by atoms with Gasteiger partial charge in [-0.15, -0.1) is 0 Å². The van der Waals surface area contributed by atoms with Crippen LogP contribution in [0.2, 0.25) is 0 Å². The summed E-state index contributed by atoms with van der Waals surface area (Å²) in [4.78, 5) is 36.9. The van der Waals surface area contributed by atoms with Crippen LogP contribution in [0, 0.1) is 5.82 Å². The molecule has 35 heavy (non-hydrogen) atoms. The third kappa shape index (κ3) is 4.45. The molecule has 11 heteroatoms. The molecule has 3 aromatic carbocycles. The maximum absolute atomic E-state index is 14.0. The Kier molecular flexibility index (Phi) is 6.27. The van der Waals surface area contributed by atoms with E-state index in [2.05, 4.69) is 14.8 Å². The van der Waals surface area contributed by atoms with Crippen molar-refractivity contribution >= 4 is 39.2 Å². The van der Waals surface area contributed by atoms with Crippen LogP contribution in [0.15, 0.2) is 65.6 Å². The summed E-state index contributed by atoms with van der Waals surface area (Å²) in [5, 5.41) is 2.50. The van der Waals surface area contributed by atoms with Crippen LogP contribution < -0.4 is 9.62 Å². The lowest BCUT2D eigenvalue weighted by molar-refractivity contribution is -0.114. The lowest BCUT2D eigenvalue weighted by atomic mass is 10.0. The summed E-state index contributed by atoms with van der Waals surface area (Å²) >= 11 is 0. The first-order chi connectivity index (χ1) is 16.6. The molecule has 0 fully saturated rings. The molecule has 1 aliphatic rings. The number of sulfonamides is 1. The minimum absolute atomic E-state index is 0.0222. The number of rotatable bonds is 5. The summed E-state index contributed by atoms with van der Waals surface area (Å²) in [6.45, 7) is -0.648. The van der Waals surface area contributed by atoms with Crippen LogP contribution in [0.4, 0.5) is 15.8 Å². The van der Waals surface area contributed by atoms with Crippen molar-refractivity contribution in [3.63, 3.8) is 0 Å². The summed E-state index contributed by atoms with van der Waals surface area (Å²) in [6, 6.07) is 13.5. The summed E-state index contributed by atoms with van der Waals surface area (Å²) in [7, 11) is -1.83. The first-order valence-corrected chi connectivity index (χ1v) is 11.6. The zero-order chi connectivity index (χ0) is 25.3. The molecule has 1 amide bonds. The van der Waals surface area contributed by atoms with Gasteiger partial charge in [0, 0.05) is 16.8 Å². The molecular weight excluding hydrogens is 479 g/mol. The van der Waals surface area contributed by atoms with E-state index >= 15 is 0 Å². The van der Waals surface area contributed by atoms with Crippen LogP contribution in [0.25, 0.3) is 11.1 Å². The molecule has 0 aromatic heterocycles. The van der Waals surface area contributed by atoms with Gasteiger partial charge in [-0.25, -0.2) is 22.4 Å². The highest BCUT2D eigenvalue weighted by Gasteiger charge is 2.36. The summed E-state index contributed by atoms with van der Waals surface area (Å²) in [5.41, 5.74) is 0.791. The molecule has 4 rings (SSSR count). The Morgan fingerprint density at radius 3 is 2.14 bits per heavy atom. The van der Waals surface area contributed by atoms with Crippen LogP contribution in [-0.4, -0.2) is 47.0 Å². The van der Waals surface area contributed by atoms with Crippen molar-refractivity contribution < 1.29 is 36.7 Å². The van der Waals surface area contributed by atoms with Crippen molar-refractivity contribution in [1.29, 1.82) is 0 Å². The Hall–Kier alpha value is -4.25. The normalized spacial score (nSPS) is 13.3. The van der Waals surface area contributed by atoms with Crippen molar-refractivity contribution in [2.24, 2.45) is 0 Å². The number of fused-ring (bicyclic) bond motifs is 3. The first-order valence-electron chi connectivity index (χ1n) is 10.2. The Balaban J connectivity index is 1.69. The van der Waals surface area contributed by atoms with Crippen LogP contribution >= 0.6 is 0 Å². The highest BCUT2D eigenvalue weighted by Crippen LogP contribution is 2.43. The molecule has 0 unspecified atom stereocenters. The number of nitrogens with zero attached hydrogens (tertiary/aromatic N) is 1. The van der Waals surface area contributed by atoms with Gasteiger partial charge in [-0.2, -0.15) is 0 Å². The number of hydrogen-bond acceptors (Lipinski definition) is 7. The van der Waals surface area contributed by atoms with E-state index in [1.54, 1.807) is 12.1 Å². The van der Waals surface area contributed by atoms with Crippen molar-refractivity contribution in [3.8, 4) is 11.1 Å². The molecule has 1 N–H and O–H groups in total. The fourth-order valence-corrected chi connectivity index (χ4v) is 5.43. The number of methoxy groups -OCH3 is 2. The highest BCUT2D eigenvalue weighted by atomic mass is 32.2. The van der Waals surface area contributed by atoms with Gasteiger partial charge >= 0.3 is 11.9 Å². The van der Waals surface area contributed by atoms with Crippen molar-refractivity contribution in [2.45, 2.75) is 4.90 Å². The number of carbonyl (C=O) groups excluding carboxylic acids is 3. The molecule has 0 aliphatic carbocycles. The maximum atomic E-state index is 14.0. The first kappa shape index (κ1) is 23.9. The largest absolute Gasteiger partial charge is 0.465 e. The molecule has 0 saturated heterocycles. The fraction of sp³-hybridized carbons (Fsp3) is 0.125.